The number of methoxy groups -OCH3 is 2. The Balaban J connectivity index is 3.83. The van der Waals surface area contributed by atoms with Gasteiger partial charge in [-0.2, -0.15) is 0 Å². The molecule has 0 saturated carbocycles. The first-order valence-electron chi connectivity index (χ1n) is 2.47. The van der Waals surface area contributed by atoms with Gasteiger partial charge in [0.15, 0.2) is 0 Å². The van der Waals surface area contributed by atoms with Crippen LogP contribution in [-0.4, -0.2) is 24.5 Å². The lowest BCUT2D eigenvalue weighted by atomic mass is 10.6. The van der Waals surface area contributed by atoms with E-state index in [0.717, 1.165) is 21.4 Å². The maximum atomic E-state index is 4.92. The maximum absolute atomic E-state index is 4.92. The van der Waals surface area contributed by atoms with Crippen LogP contribution in [0, 0.1) is 0 Å². The van der Waals surface area contributed by atoms with E-state index in [0.29, 0.717) is 0 Å². The van der Waals surface area contributed by atoms with E-state index in [2.05, 4.69) is 0 Å². The van der Waals surface area contributed by atoms with Crippen LogP contribution in [0.1, 0.15) is 6.92 Å². The van der Waals surface area contributed by atoms with E-state index in [-0.39, 0.29) is 0 Å². The van der Waals surface area contributed by atoms with Crippen LogP contribution in [0.25, 0.3) is 0 Å². The van der Waals surface area contributed by atoms with E-state index in [1.807, 2.05) is 6.92 Å². The minimum absolute atomic E-state index is 0.888. The summed E-state index contributed by atoms with van der Waals surface area (Å²) in [5.41, 5.74) is 0. The highest BCUT2D eigenvalue weighted by atomic mass is 28.1. The predicted octanol–water partition coefficient (Wildman–Crippen LogP) is -0.166. The molecule has 0 unspecified atom stereocenters. The molecule has 0 fully saturated rings. The summed E-state index contributed by atoms with van der Waals surface area (Å²) in [5.74, 6) is 0.888. The second-order valence-corrected chi connectivity index (χ2v) is 2.43. The average Bonchev–Trinajstić information content (AvgIpc) is 1.84. The van der Waals surface area contributed by atoms with Crippen molar-refractivity contribution in [3.63, 3.8) is 0 Å². The third-order valence-corrected chi connectivity index (χ3v) is 2.22. The molecular formula is C5H12O2Si. The highest BCUT2D eigenvalue weighted by Crippen LogP contribution is 1.98. The summed E-state index contributed by atoms with van der Waals surface area (Å²) in [6.07, 6.45) is 0. The topological polar surface area (TPSA) is 18.5 Å². The van der Waals surface area contributed by atoms with Gasteiger partial charge < -0.3 is 9.47 Å². The zero-order chi connectivity index (χ0) is 6.57. The van der Waals surface area contributed by atoms with Crippen LogP contribution in [0.2, 0.25) is 0 Å². The van der Waals surface area contributed by atoms with Crippen molar-refractivity contribution in [3.05, 3.63) is 11.1 Å². The smallest absolute Gasteiger partial charge is 0.124 e. The quantitative estimate of drug-likeness (QED) is 0.384. The fourth-order valence-electron chi connectivity index (χ4n) is 0.287. The third-order valence-electron chi connectivity index (χ3n) is 1.11. The fraction of sp³-hybridized carbons (Fsp3) is 0.600. The largest absolute Gasteiger partial charge is 0.504 e. The monoisotopic (exact) mass is 132 g/mol. The van der Waals surface area contributed by atoms with Crippen LogP contribution in [0.3, 0.4) is 0 Å². The molecule has 8 heavy (non-hydrogen) atoms. The van der Waals surface area contributed by atoms with Crippen LogP contribution in [-0.2, 0) is 9.47 Å². The molecule has 0 aliphatic carbocycles. The van der Waals surface area contributed by atoms with Crippen LogP contribution in [0.15, 0.2) is 11.1 Å². The van der Waals surface area contributed by atoms with E-state index < -0.39 is 0 Å². The van der Waals surface area contributed by atoms with Crippen molar-refractivity contribution >= 4 is 10.2 Å². The molecule has 0 aromatic rings. The molecule has 0 N–H and O–H groups in total. The molecule has 0 saturated heterocycles. The zero-order valence-corrected chi connectivity index (χ0v) is 7.82. The van der Waals surface area contributed by atoms with Gasteiger partial charge in [-0.3, -0.25) is 0 Å². The molecule has 0 atom stereocenters. The normalized spacial score (nSPS) is 12.9. The van der Waals surface area contributed by atoms with E-state index in [9.17, 15) is 0 Å². The van der Waals surface area contributed by atoms with Gasteiger partial charge in [-0.05, 0) is 6.92 Å². The van der Waals surface area contributed by atoms with Crippen molar-refractivity contribution < 1.29 is 9.47 Å². The van der Waals surface area contributed by atoms with Crippen molar-refractivity contribution in [1.82, 2.24) is 0 Å². The lowest BCUT2D eigenvalue weighted by molar-refractivity contribution is 0.241. The molecule has 0 aromatic heterocycles. The Kier molecular flexibility index (Phi) is 3.35. The number of hydrogen-bond acceptors (Lipinski definition) is 2. The molecule has 0 bridgehead atoms. The standard InChI is InChI=1S/C5H12O2Si/c1-4(6-2)5(8)7-3/h1-3,8H3. The number of rotatable bonds is 2. The van der Waals surface area contributed by atoms with E-state index in [1.165, 1.54) is 0 Å². The van der Waals surface area contributed by atoms with Gasteiger partial charge in [-0.15, -0.1) is 0 Å². The van der Waals surface area contributed by atoms with Crippen molar-refractivity contribution in [2.45, 2.75) is 6.92 Å². The molecule has 0 amide bonds. The van der Waals surface area contributed by atoms with Crippen molar-refractivity contribution in [2.24, 2.45) is 0 Å². The van der Waals surface area contributed by atoms with Crippen LogP contribution in [0.5, 0.6) is 0 Å². The summed E-state index contributed by atoms with van der Waals surface area (Å²) >= 11 is 0. The van der Waals surface area contributed by atoms with E-state index in [1.54, 1.807) is 14.2 Å². The van der Waals surface area contributed by atoms with Crippen molar-refractivity contribution in [1.29, 1.82) is 0 Å². The van der Waals surface area contributed by atoms with Crippen molar-refractivity contribution in [2.75, 3.05) is 14.2 Å². The molecule has 48 valence electrons. The first kappa shape index (κ1) is 7.56. The van der Waals surface area contributed by atoms with Gasteiger partial charge in [0.25, 0.3) is 0 Å². The SMILES string of the molecule is COC(C)=C([SiH3])OC. The molecule has 0 radical (unpaired) electrons. The minimum Gasteiger partial charge on any atom is -0.504 e. The van der Waals surface area contributed by atoms with Gasteiger partial charge in [0, 0.05) is 0 Å². The number of hydrogen-bond donors (Lipinski definition) is 0. The van der Waals surface area contributed by atoms with Crippen molar-refractivity contribution in [3.8, 4) is 0 Å². The van der Waals surface area contributed by atoms with E-state index >= 15 is 0 Å². The Morgan fingerprint density at radius 3 is 1.88 bits per heavy atom. The summed E-state index contributed by atoms with van der Waals surface area (Å²) in [6.45, 7) is 1.89. The molecule has 0 heterocycles. The predicted molar refractivity (Wildman–Crippen MR) is 36.7 cm³/mol. The van der Waals surface area contributed by atoms with Gasteiger partial charge in [-0.1, -0.05) is 0 Å². The lowest BCUT2D eigenvalue weighted by Crippen LogP contribution is -1.92. The molecule has 0 spiro atoms. The molecule has 0 aliphatic heterocycles. The molecule has 2 nitrogen and oxygen atoms in total. The van der Waals surface area contributed by atoms with Crippen LogP contribution in [0.4, 0.5) is 0 Å². The molecule has 0 aliphatic rings. The first-order valence-corrected chi connectivity index (χ1v) is 3.47. The fourth-order valence-corrected chi connectivity index (χ4v) is 0.492. The molecular weight excluding hydrogens is 120 g/mol. The Labute approximate surface area is 52.9 Å². The summed E-state index contributed by atoms with van der Waals surface area (Å²) in [4.78, 5) is 0. The minimum atomic E-state index is 0.888. The first-order chi connectivity index (χ1) is 3.72. The number of allylic oxidation sites excluding steroid dienone is 1. The summed E-state index contributed by atoms with van der Waals surface area (Å²) < 4.78 is 9.81. The number of ether oxygens (including phenoxy) is 2. The highest BCUT2D eigenvalue weighted by molar-refractivity contribution is 6.20. The Bertz CT molecular complexity index is 86.6. The van der Waals surface area contributed by atoms with Crippen LogP contribution < -0.4 is 0 Å². The highest BCUT2D eigenvalue weighted by Gasteiger charge is 1.90. The Hall–Kier alpha value is -0.443. The van der Waals surface area contributed by atoms with Gasteiger partial charge in [-0.25, -0.2) is 0 Å². The second kappa shape index (κ2) is 3.55. The summed E-state index contributed by atoms with van der Waals surface area (Å²) in [7, 11) is 4.22. The van der Waals surface area contributed by atoms with Gasteiger partial charge in [0.1, 0.15) is 5.76 Å². The summed E-state index contributed by atoms with van der Waals surface area (Å²) in [6, 6.07) is 0. The molecule has 3 heteroatoms. The third kappa shape index (κ3) is 2.02. The summed E-state index contributed by atoms with van der Waals surface area (Å²) in [5, 5.41) is 0.965. The Morgan fingerprint density at radius 2 is 1.75 bits per heavy atom. The van der Waals surface area contributed by atoms with Crippen LogP contribution >= 0.6 is 0 Å². The average molecular weight is 132 g/mol. The second-order valence-electron chi connectivity index (χ2n) is 1.52. The van der Waals surface area contributed by atoms with Gasteiger partial charge >= 0.3 is 0 Å². The maximum Gasteiger partial charge on any atom is 0.124 e. The molecule has 0 rings (SSSR count). The van der Waals surface area contributed by atoms with Gasteiger partial charge in [0.05, 0.1) is 29.8 Å². The Morgan fingerprint density at radius 1 is 1.25 bits per heavy atom. The molecule has 0 aromatic carbocycles. The van der Waals surface area contributed by atoms with Gasteiger partial charge in [0.2, 0.25) is 0 Å². The van der Waals surface area contributed by atoms with E-state index in [4.69, 9.17) is 9.47 Å². The zero-order valence-electron chi connectivity index (χ0n) is 5.82. The lowest BCUT2D eigenvalue weighted by Gasteiger charge is -2.03.